The second-order valence-corrected chi connectivity index (χ2v) is 9.96. The van der Waals surface area contributed by atoms with Crippen LogP contribution in [-0.2, 0) is 0 Å². The Morgan fingerprint density at radius 1 is 0.639 bits per heavy atom. The number of nitrogens with zero attached hydrogens (tertiary/aromatic N) is 4. The highest BCUT2D eigenvalue weighted by Crippen LogP contribution is 2.18. The molecule has 0 amide bonds. The van der Waals surface area contributed by atoms with Gasteiger partial charge in [-0.3, -0.25) is 9.59 Å². The molecule has 184 valence electrons. The van der Waals surface area contributed by atoms with Gasteiger partial charge in [0.05, 0.1) is 22.1 Å². The molecule has 0 bridgehead atoms. The summed E-state index contributed by atoms with van der Waals surface area (Å²) in [4.78, 5) is 39.8. The Labute approximate surface area is 207 Å². The fraction of sp³-hybridized carbons (Fsp3) is 0.286. The Bertz CT molecular complexity index is 1850. The Morgan fingerprint density at radius 2 is 1.14 bits per heavy atom. The molecule has 2 N–H and O–H groups in total. The summed E-state index contributed by atoms with van der Waals surface area (Å²) in [6.07, 6.45) is 0. The molecule has 8 heteroatoms. The van der Waals surface area contributed by atoms with Gasteiger partial charge in [0.25, 0.3) is 11.1 Å². The minimum Gasteiger partial charge on any atom is -0.328 e. The fourth-order valence-electron chi connectivity index (χ4n) is 4.34. The normalized spacial score (nSPS) is 11.8. The second kappa shape index (κ2) is 8.78. The number of nitrogens with one attached hydrogen (secondary N) is 2. The first-order valence-corrected chi connectivity index (χ1v) is 12.2. The predicted molar refractivity (Wildman–Crippen MR) is 144 cm³/mol. The molecule has 0 atom stereocenters. The van der Waals surface area contributed by atoms with Crippen LogP contribution in [0.5, 0.6) is 0 Å². The van der Waals surface area contributed by atoms with Crippen molar-refractivity contribution in [3.63, 3.8) is 0 Å². The average Bonchev–Trinajstić information content (AvgIpc) is 3.36. The van der Waals surface area contributed by atoms with E-state index in [0.717, 1.165) is 44.6 Å². The van der Waals surface area contributed by atoms with Crippen LogP contribution < -0.4 is 11.1 Å². The minimum absolute atomic E-state index is 0.0273. The van der Waals surface area contributed by atoms with E-state index in [0.29, 0.717) is 11.6 Å². The van der Waals surface area contributed by atoms with Crippen LogP contribution in [0.15, 0.2) is 58.1 Å². The molecule has 6 aromatic rings. The standard InChI is InChI=1S/2C14H15N3O/c1-8(2)10-7-13(18)17-12-5-4-9(3)6-11(12)16-14(17)15-10;1-8(2)11-7-13(18)17-12-6-9(3)4-5-10(12)15-14(17)16-11/h2*4-8H,1-3H3,(H,15,16). The third-order valence-electron chi connectivity index (χ3n) is 6.37. The van der Waals surface area contributed by atoms with Gasteiger partial charge in [0.2, 0.25) is 11.6 Å². The Balaban J connectivity index is 0.000000148. The molecule has 0 aliphatic rings. The van der Waals surface area contributed by atoms with Crippen LogP contribution in [0.2, 0.25) is 0 Å². The average molecular weight is 483 g/mol. The Kier molecular flexibility index (Phi) is 5.74. The van der Waals surface area contributed by atoms with E-state index >= 15 is 0 Å². The second-order valence-electron chi connectivity index (χ2n) is 9.96. The molecule has 0 unspecified atom stereocenters. The van der Waals surface area contributed by atoms with Gasteiger partial charge in [-0.05, 0) is 61.1 Å². The molecule has 8 nitrogen and oxygen atoms in total. The van der Waals surface area contributed by atoms with E-state index < -0.39 is 0 Å². The first-order valence-electron chi connectivity index (χ1n) is 12.2. The van der Waals surface area contributed by atoms with Crippen molar-refractivity contribution in [1.82, 2.24) is 28.7 Å². The SMILES string of the molecule is Cc1ccc2c(c1)nc1[nH]c(C(C)C)cc(=O)n12.Cc1ccc2nc3[nH]c(C(C)C)cc(=O)n3c2c1. The molecule has 0 spiro atoms. The van der Waals surface area contributed by atoms with Crippen molar-refractivity contribution in [3.8, 4) is 0 Å². The van der Waals surface area contributed by atoms with E-state index in [1.165, 1.54) is 0 Å². The molecule has 0 fully saturated rings. The maximum Gasteiger partial charge on any atom is 0.259 e. The molecule has 36 heavy (non-hydrogen) atoms. The molecule has 0 saturated carbocycles. The van der Waals surface area contributed by atoms with Crippen molar-refractivity contribution in [1.29, 1.82) is 0 Å². The van der Waals surface area contributed by atoms with Crippen molar-refractivity contribution in [2.24, 2.45) is 0 Å². The quantitative estimate of drug-likeness (QED) is 0.354. The zero-order chi connectivity index (χ0) is 25.7. The third-order valence-corrected chi connectivity index (χ3v) is 6.37. The maximum atomic E-state index is 12.2. The van der Waals surface area contributed by atoms with Crippen LogP contribution in [-0.4, -0.2) is 28.7 Å². The summed E-state index contributed by atoms with van der Waals surface area (Å²) in [5.74, 6) is 1.80. The van der Waals surface area contributed by atoms with Crippen LogP contribution in [0.1, 0.15) is 62.0 Å². The zero-order valence-corrected chi connectivity index (χ0v) is 21.4. The lowest BCUT2D eigenvalue weighted by Crippen LogP contribution is -2.14. The molecule has 0 aliphatic carbocycles. The van der Waals surface area contributed by atoms with Gasteiger partial charge in [0.1, 0.15) is 0 Å². The summed E-state index contributed by atoms with van der Waals surface area (Å²) < 4.78 is 3.26. The van der Waals surface area contributed by atoms with E-state index in [4.69, 9.17) is 0 Å². The summed E-state index contributed by atoms with van der Waals surface area (Å²) in [5, 5.41) is 0. The highest BCUT2D eigenvalue weighted by Gasteiger charge is 2.11. The number of fused-ring (bicyclic) bond motifs is 6. The summed E-state index contributed by atoms with van der Waals surface area (Å²) >= 11 is 0. The predicted octanol–water partition coefficient (Wildman–Crippen LogP) is 5.22. The van der Waals surface area contributed by atoms with Gasteiger partial charge in [-0.1, -0.05) is 39.8 Å². The molecule has 0 saturated heterocycles. The molecule has 2 aromatic carbocycles. The summed E-state index contributed by atoms with van der Waals surface area (Å²) in [6, 6.07) is 15.2. The van der Waals surface area contributed by atoms with Crippen LogP contribution in [0.3, 0.4) is 0 Å². The van der Waals surface area contributed by atoms with Crippen molar-refractivity contribution >= 4 is 33.6 Å². The maximum absolute atomic E-state index is 12.2. The van der Waals surface area contributed by atoms with Gasteiger partial charge in [-0.25, -0.2) is 18.8 Å². The third kappa shape index (κ3) is 4.08. The van der Waals surface area contributed by atoms with E-state index in [-0.39, 0.29) is 23.0 Å². The van der Waals surface area contributed by atoms with E-state index in [9.17, 15) is 9.59 Å². The Morgan fingerprint density at radius 3 is 1.72 bits per heavy atom. The highest BCUT2D eigenvalue weighted by molar-refractivity contribution is 5.80. The summed E-state index contributed by atoms with van der Waals surface area (Å²) in [7, 11) is 0. The van der Waals surface area contributed by atoms with Gasteiger partial charge in [0, 0.05) is 23.5 Å². The van der Waals surface area contributed by atoms with Crippen LogP contribution in [0.25, 0.3) is 33.6 Å². The number of aromatic amines is 2. The minimum atomic E-state index is -0.0289. The number of hydrogen-bond acceptors (Lipinski definition) is 4. The van der Waals surface area contributed by atoms with Crippen LogP contribution in [0.4, 0.5) is 0 Å². The molecular weight excluding hydrogens is 452 g/mol. The van der Waals surface area contributed by atoms with Crippen molar-refractivity contribution in [2.45, 2.75) is 53.4 Å². The summed E-state index contributed by atoms with van der Waals surface area (Å²) in [6.45, 7) is 12.2. The molecule has 0 radical (unpaired) electrons. The number of aryl methyl sites for hydroxylation is 2. The Hall–Kier alpha value is -4.20. The molecule has 4 heterocycles. The van der Waals surface area contributed by atoms with Crippen molar-refractivity contribution in [2.75, 3.05) is 0 Å². The lowest BCUT2D eigenvalue weighted by molar-refractivity contribution is 0.812. The topological polar surface area (TPSA) is 100 Å². The smallest absolute Gasteiger partial charge is 0.259 e. The summed E-state index contributed by atoms with van der Waals surface area (Å²) in [5.41, 5.74) is 7.45. The highest BCUT2D eigenvalue weighted by atomic mass is 16.1. The van der Waals surface area contributed by atoms with E-state index in [1.54, 1.807) is 20.9 Å². The first kappa shape index (κ1) is 23.5. The monoisotopic (exact) mass is 482 g/mol. The number of benzene rings is 2. The number of imidazole rings is 2. The van der Waals surface area contributed by atoms with Gasteiger partial charge in [0.15, 0.2) is 0 Å². The molecule has 6 rings (SSSR count). The van der Waals surface area contributed by atoms with Gasteiger partial charge < -0.3 is 9.97 Å². The van der Waals surface area contributed by atoms with Crippen molar-refractivity contribution in [3.05, 3.63) is 91.8 Å². The van der Waals surface area contributed by atoms with E-state index in [1.807, 2.05) is 50.2 Å². The number of hydrogen-bond donors (Lipinski definition) is 2. The molecule has 4 aromatic heterocycles. The van der Waals surface area contributed by atoms with Gasteiger partial charge in [-0.2, -0.15) is 0 Å². The van der Waals surface area contributed by atoms with Crippen LogP contribution in [0, 0.1) is 13.8 Å². The van der Waals surface area contributed by atoms with Gasteiger partial charge in [-0.15, -0.1) is 0 Å². The van der Waals surface area contributed by atoms with Crippen molar-refractivity contribution < 1.29 is 0 Å². The number of H-pyrrole nitrogens is 2. The van der Waals surface area contributed by atoms with Gasteiger partial charge >= 0.3 is 0 Å². The largest absolute Gasteiger partial charge is 0.328 e. The van der Waals surface area contributed by atoms with E-state index in [2.05, 4.69) is 47.6 Å². The fourth-order valence-corrected chi connectivity index (χ4v) is 4.34. The number of aromatic nitrogens is 6. The lowest BCUT2D eigenvalue weighted by atomic mass is 10.1. The van der Waals surface area contributed by atoms with Crippen LogP contribution >= 0.6 is 0 Å². The molecule has 0 aliphatic heterocycles. The number of rotatable bonds is 2. The zero-order valence-electron chi connectivity index (χ0n) is 21.4. The lowest BCUT2D eigenvalue weighted by Gasteiger charge is -2.05. The first-order chi connectivity index (χ1) is 17.1. The molecular formula is C28H30N6O2.